The molecule has 28 heavy (non-hydrogen) atoms. The first-order chi connectivity index (χ1) is 13.6. The lowest BCUT2D eigenvalue weighted by atomic mass is 9.93. The molecule has 0 radical (unpaired) electrons. The first kappa shape index (κ1) is 16.9. The van der Waals surface area contributed by atoms with Gasteiger partial charge in [-0.25, -0.2) is 9.37 Å². The number of anilines is 1. The molecule has 0 atom stereocenters. The van der Waals surface area contributed by atoms with Crippen LogP contribution in [-0.2, 0) is 0 Å². The van der Waals surface area contributed by atoms with Crippen LogP contribution in [0, 0.1) is 5.82 Å². The zero-order valence-corrected chi connectivity index (χ0v) is 15.4. The van der Waals surface area contributed by atoms with E-state index < -0.39 is 5.82 Å². The predicted octanol–water partition coefficient (Wildman–Crippen LogP) is 5.02. The standard InChI is InChI=1S/C22H20FN3O2/c1-28-17-8-3-2-7-13(17)18-15(23)10-9-14-20(24)19-16(25-21(14)18)11-26(22(19)27)12-5-4-6-12/h2-3,7-12,27H,4-6,24H2,1H3. The van der Waals surface area contributed by atoms with Crippen LogP contribution in [0.25, 0.3) is 32.9 Å². The highest BCUT2D eigenvalue weighted by Crippen LogP contribution is 2.44. The highest BCUT2D eigenvalue weighted by Gasteiger charge is 2.26. The van der Waals surface area contributed by atoms with Gasteiger partial charge in [0, 0.05) is 28.8 Å². The minimum absolute atomic E-state index is 0.134. The number of aromatic nitrogens is 2. The van der Waals surface area contributed by atoms with Crippen LogP contribution < -0.4 is 10.5 Å². The van der Waals surface area contributed by atoms with Crippen molar-refractivity contribution in [2.24, 2.45) is 0 Å². The van der Waals surface area contributed by atoms with Gasteiger partial charge in [0.05, 0.1) is 29.2 Å². The highest BCUT2D eigenvalue weighted by atomic mass is 19.1. The molecule has 0 amide bonds. The molecule has 5 rings (SSSR count). The number of aromatic hydroxyl groups is 1. The highest BCUT2D eigenvalue weighted by molar-refractivity contribution is 6.12. The third-order valence-electron chi connectivity index (χ3n) is 5.75. The summed E-state index contributed by atoms with van der Waals surface area (Å²) in [5, 5.41) is 11.9. The first-order valence-corrected chi connectivity index (χ1v) is 9.34. The van der Waals surface area contributed by atoms with Crippen molar-refractivity contribution in [2.45, 2.75) is 25.3 Å². The van der Waals surface area contributed by atoms with E-state index in [0.717, 1.165) is 19.3 Å². The van der Waals surface area contributed by atoms with Gasteiger partial charge in [-0.3, -0.25) is 0 Å². The number of nitrogen functional groups attached to an aromatic ring is 1. The largest absolute Gasteiger partial charge is 0.496 e. The number of fused-ring (bicyclic) bond motifs is 2. The number of pyridine rings is 1. The summed E-state index contributed by atoms with van der Waals surface area (Å²) in [6.45, 7) is 0. The summed E-state index contributed by atoms with van der Waals surface area (Å²) in [5.41, 5.74) is 8.82. The second kappa shape index (κ2) is 6.12. The average molecular weight is 377 g/mol. The molecule has 2 aromatic heterocycles. The van der Waals surface area contributed by atoms with E-state index in [2.05, 4.69) is 0 Å². The van der Waals surface area contributed by atoms with Gasteiger partial charge in [-0.15, -0.1) is 0 Å². The second-order valence-electron chi connectivity index (χ2n) is 7.25. The predicted molar refractivity (Wildman–Crippen MR) is 108 cm³/mol. The monoisotopic (exact) mass is 377 g/mol. The zero-order chi connectivity index (χ0) is 19.4. The number of rotatable bonds is 3. The molecule has 0 bridgehead atoms. The number of para-hydroxylation sites is 1. The molecule has 0 spiro atoms. The molecule has 142 valence electrons. The Morgan fingerprint density at radius 3 is 2.71 bits per heavy atom. The SMILES string of the molecule is COc1ccccc1-c1c(F)ccc2c(N)c3c(O)n(C4CCC4)cc3nc12. The number of hydrogen-bond acceptors (Lipinski definition) is 4. The van der Waals surface area contributed by atoms with Crippen molar-refractivity contribution < 1.29 is 14.2 Å². The van der Waals surface area contributed by atoms with Crippen LogP contribution in [0.1, 0.15) is 25.3 Å². The van der Waals surface area contributed by atoms with E-state index in [0.29, 0.717) is 44.4 Å². The smallest absolute Gasteiger partial charge is 0.203 e. The van der Waals surface area contributed by atoms with E-state index in [9.17, 15) is 9.50 Å². The van der Waals surface area contributed by atoms with Crippen molar-refractivity contribution in [1.29, 1.82) is 0 Å². The van der Waals surface area contributed by atoms with Crippen molar-refractivity contribution in [1.82, 2.24) is 9.55 Å². The molecule has 2 heterocycles. The lowest BCUT2D eigenvalue weighted by molar-refractivity contribution is 0.283. The van der Waals surface area contributed by atoms with E-state index in [1.54, 1.807) is 25.3 Å². The van der Waals surface area contributed by atoms with Gasteiger partial charge in [0.2, 0.25) is 5.88 Å². The molecule has 1 saturated carbocycles. The molecule has 1 aliphatic carbocycles. The van der Waals surface area contributed by atoms with Crippen LogP contribution in [0.15, 0.2) is 42.6 Å². The van der Waals surface area contributed by atoms with Gasteiger partial charge in [0.15, 0.2) is 0 Å². The molecule has 1 aliphatic rings. The van der Waals surface area contributed by atoms with Crippen LogP contribution in [0.3, 0.4) is 0 Å². The Labute approximate surface area is 161 Å². The molecule has 0 unspecified atom stereocenters. The van der Waals surface area contributed by atoms with E-state index >= 15 is 0 Å². The number of ether oxygens (including phenoxy) is 1. The van der Waals surface area contributed by atoms with Crippen LogP contribution in [0.5, 0.6) is 11.6 Å². The Hall–Kier alpha value is -3.28. The van der Waals surface area contributed by atoms with Gasteiger partial charge < -0.3 is 20.1 Å². The van der Waals surface area contributed by atoms with Crippen molar-refractivity contribution in [2.75, 3.05) is 12.8 Å². The molecule has 1 fully saturated rings. The minimum Gasteiger partial charge on any atom is -0.496 e. The number of halogens is 1. The van der Waals surface area contributed by atoms with E-state index in [-0.39, 0.29) is 11.9 Å². The minimum atomic E-state index is -0.397. The van der Waals surface area contributed by atoms with Gasteiger partial charge in [0.1, 0.15) is 11.6 Å². The Morgan fingerprint density at radius 2 is 2.00 bits per heavy atom. The maximum absolute atomic E-state index is 14.9. The van der Waals surface area contributed by atoms with Crippen molar-refractivity contribution in [3.63, 3.8) is 0 Å². The van der Waals surface area contributed by atoms with Gasteiger partial charge in [-0.1, -0.05) is 18.2 Å². The van der Waals surface area contributed by atoms with Crippen molar-refractivity contribution >= 4 is 27.5 Å². The fourth-order valence-electron chi connectivity index (χ4n) is 4.05. The summed E-state index contributed by atoms with van der Waals surface area (Å²) in [6.07, 6.45) is 5.01. The van der Waals surface area contributed by atoms with Crippen LogP contribution >= 0.6 is 0 Å². The maximum atomic E-state index is 14.9. The Bertz CT molecular complexity index is 1230. The summed E-state index contributed by atoms with van der Waals surface area (Å²) >= 11 is 0. The molecule has 5 nitrogen and oxygen atoms in total. The Morgan fingerprint density at radius 1 is 1.21 bits per heavy atom. The molecule has 3 N–H and O–H groups in total. The normalized spacial score (nSPS) is 14.5. The molecule has 6 heteroatoms. The third-order valence-corrected chi connectivity index (χ3v) is 5.75. The maximum Gasteiger partial charge on any atom is 0.203 e. The van der Waals surface area contributed by atoms with Crippen LogP contribution in [0.2, 0.25) is 0 Å². The lowest BCUT2D eigenvalue weighted by Gasteiger charge is -2.27. The Balaban J connectivity index is 1.86. The topological polar surface area (TPSA) is 73.3 Å². The van der Waals surface area contributed by atoms with Gasteiger partial charge in [-0.05, 0) is 37.5 Å². The number of methoxy groups -OCH3 is 1. The third kappa shape index (κ3) is 2.27. The van der Waals surface area contributed by atoms with Gasteiger partial charge in [0.25, 0.3) is 0 Å². The van der Waals surface area contributed by atoms with Crippen LogP contribution in [0.4, 0.5) is 10.1 Å². The molecule has 0 saturated heterocycles. The fraction of sp³-hybridized carbons (Fsp3) is 0.227. The number of nitrogens with zero attached hydrogens (tertiary/aromatic N) is 2. The number of nitrogens with two attached hydrogens (primary N) is 1. The van der Waals surface area contributed by atoms with Crippen molar-refractivity contribution in [3.8, 4) is 22.8 Å². The summed E-state index contributed by atoms with van der Waals surface area (Å²) in [5.74, 6) is 0.296. The quantitative estimate of drug-likeness (QED) is 0.526. The van der Waals surface area contributed by atoms with E-state index in [4.69, 9.17) is 15.5 Å². The lowest BCUT2D eigenvalue weighted by Crippen LogP contribution is -2.15. The van der Waals surface area contributed by atoms with Crippen molar-refractivity contribution in [3.05, 3.63) is 48.4 Å². The number of benzene rings is 2. The number of hydrogen-bond donors (Lipinski definition) is 2. The molecular formula is C22H20FN3O2. The van der Waals surface area contributed by atoms with Crippen LogP contribution in [-0.4, -0.2) is 21.8 Å². The van der Waals surface area contributed by atoms with Gasteiger partial charge in [-0.2, -0.15) is 0 Å². The summed E-state index contributed by atoms with van der Waals surface area (Å²) in [4.78, 5) is 4.72. The van der Waals surface area contributed by atoms with Gasteiger partial charge >= 0.3 is 0 Å². The van der Waals surface area contributed by atoms with E-state index in [1.165, 1.54) is 6.07 Å². The second-order valence-corrected chi connectivity index (χ2v) is 7.25. The van der Waals surface area contributed by atoms with E-state index in [1.807, 2.05) is 22.9 Å². The average Bonchev–Trinajstić information content (AvgIpc) is 2.97. The molecular weight excluding hydrogens is 357 g/mol. The molecule has 0 aliphatic heterocycles. The summed E-state index contributed by atoms with van der Waals surface area (Å²) in [7, 11) is 1.55. The molecule has 4 aromatic rings. The molecule has 2 aromatic carbocycles. The fourth-order valence-corrected chi connectivity index (χ4v) is 4.05. The first-order valence-electron chi connectivity index (χ1n) is 9.34. The summed E-state index contributed by atoms with van der Waals surface area (Å²) in [6, 6.07) is 10.5. The summed E-state index contributed by atoms with van der Waals surface area (Å²) < 4.78 is 22.2. The Kier molecular flexibility index (Phi) is 3.69. The zero-order valence-electron chi connectivity index (χ0n) is 15.4.